The zero-order chi connectivity index (χ0) is 11.3. The van der Waals surface area contributed by atoms with Crippen LogP contribution in [0, 0.1) is 11.7 Å². The molecule has 0 spiro atoms. The summed E-state index contributed by atoms with van der Waals surface area (Å²) in [5.41, 5.74) is 6.35. The average molecular weight is 230 g/mol. The first-order chi connectivity index (χ1) is 7.17. The molecule has 1 aromatic carbocycles. The van der Waals surface area contributed by atoms with Gasteiger partial charge in [0, 0.05) is 5.02 Å². The van der Waals surface area contributed by atoms with Crippen molar-refractivity contribution in [1.82, 2.24) is 0 Å². The minimum atomic E-state index is -0.225. The Kier molecular flexibility index (Phi) is 5.06. The number of hydrogen-bond acceptors (Lipinski definition) is 1. The van der Waals surface area contributed by atoms with Crippen molar-refractivity contribution in [3.05, 3.63) is 34.6 Å². The van der Waals surface area contributed by atoms with Crippen LogP contribution in [0.5, 0.6) is 0 Å². The largest absolute Gasteiger partial charge is 0.330 e. The van der Waals surface area contributed by atoms with Crippen molar-refractivity contribution in [3.63, 3.8) is 0 Å². The summed E-state index contributed by atoms with van der Waals surface area (Å²) in [5, 5.41) is 0.441. The third kappa shape index (κ3) is 3.80. The van der Waals surface area contributed by atoms with E-state index in [2.05, 4.69) is 6.92 Å². The van der Waals surface area contributed by atoms with Crippen LogP contribution >= 0.6 is 11.6 Å². The summed E-state index contributed by atoms with van der Waals surface area (Å²) in [5.74, 6) is 0.141. The van der Waals surface area contributed by atoms with E-state index >= 15 is 0 Å². The average Bonchev–Trinajstić information content (AvgIpc) is 2.21. The SMILES string of the molecule is CCCC(CN)Cc1ccc(Cl)cc1F. The van der Waals surface area contributed by atoms with Gasteiger partial charge in [0.25, 0.3) is 0 Å². The number of benzene rings is 1. The Balaban J connectivity index is 2.70. The van der Waals surface area contributed by atoms with Crippen LogP contribution in [0.4, 0.5) is 4.39 Å². The van der Waals surface area contributed by atoms with E-state index in [4.69, 9.17) is 17.3 Å². The Morgan fingerprint density at radius 3 is 2.73 bits per heavy atom. The molecular weight excluding hydrogens is 213 g/mol. The van der Waals surface area contributed by atoms with E-state index in [9.17, 15) is 4.39 Å². The number of nitrogens with two attached hydrogens (primary N) is 1. The van der Waals surface area contributed by atoms with Gasteiger partial charge < -0.3 is 5.73 Å². The third-order valence-corrected chi connectivity index (χ3v) is 2.79. The lowest BCUT2D eigenvalue weighted by Gasteiger charge is -2.14. The molecule has 0 aliphatic heterocycles. The van der Waals surface area contributed by atoms with E-state index in [1.807, 2.05) is 0 Å². The first-order valence-corrected chi connectivity index (χ1v) is 5.69. The van der Waals surface area contributed by atoms with Gasteiger partial charge in [-0.3, -0.25) is 0 Å². The molecule has 0 fully saturated rings. The molecule has 1 unspecified atom stereocenters. The van der Waals surface area contributed by atoms with E-state index in [1.165, 1.54) is 6.07 Å². The molecule has 15 heavy (non-hydrogen) atoms. The second-order valence-electron chi connectivity index (χ2n) is 3.83. The van der Waals surface area contributed by atoms with Crippen LogP contribution in [0.1, 0.15) is 25.3 Å². The molecule has 0 aliphatic rings. The second-order valence-corrected chi connectivity index (χ2v) is 4.27. The van der Waals surface area contributed by atoms with Crippen LogP contribution < -0.4 is 5.73 Å². The van der Waals surface area contributed by atoms with Crippen LogP contribution in [0.3, 0.4) is 0 Å². The Hall–Kier alpha value is -0.600. The topological polar surface area (TPSA) is 26.0 Å². The Bertz CT molecular complexity index is 314. The van der Waals surface area contributed by atoms with Crippen LogP contribution in [-0.2, 0) is 6.42 Å². The summed E-state index contributed by atoms with van der Waals surface area (Å²) in [4.78, 5) is 0. The summed E-state index contributed by atoms with van der Waals surface area (Å²) >= 11 is 5.68. The number of hydrogen-bond donors (Lipinski definition) is 1. The van der Waals surface area contributed by atoms with Gasteiger partial charge in [-0.2, -0.15) is 0 Å². The monoisotopic (exact) mass is 229 g/mol. The minimum absolute atomic E-state index is 0.225. The Morgan fingerprint density at radius 2 is 2.20 bits per heavy atom. The smallest absolute Gasteiger partial charge is 0.127 e. The summed E-state index contributed by atoms with van der Waals surface area (Å²) in [6, 6.07) is 4.83. The van der Waals surface area contributed by atoms with Crippen molar-refractivity contribution in [3.8, 4) is 0 Å². The highest BCUT2D eigenvalue weighted by molar-refractivity contribution is 6.30. The third-order valence-electron chi connectivity index (χ3n) is 2.55. The van der Waals surface area contributed by atoms with E-state index in [0.29, 0.717) is 29.5 Å². The quantitative estimate of drug-likeness (QED) is 0.823. The molecule has 1 aromatic rings. The van der Waals surface area contributed by atoms with Gasteiger partial charge in [0.1, 0.15) is 5.82 Å². The molecule has 0 aliphatic carbocycles. The molecule has 3 heteroatoms. The fraction of sp³-hybridized carbons (Fsp3) is 0.500. The fourth-order valence-electron chi connectivity index (χ4n) is 1.71. The highest BCUT2D eigenvalue weighted by Crippen LogP contribution is 2.19. The predicted octanol–water partition coefficient (Wildman–Crippen LogP) is 3.40. The van der Waals surface area contributed by atoms with Crippen LogP contribution in [-0.4, -0.2) is 6.54 Å². The molecule has 84 valence electrons. The van der Waals surface area contributed by atoms with Crippen LogP contribution in [0.2, 0.25) is 5.02 Å². The maximum atomic E-state index is 13.5. The van der Waals surface area contributed by atoms with Gasteiger partial charge in [-0.25, -0.2) is 4.39 Å². The molecular formula is C12H17ClFN. The van der Waals surface area contributed by atoms with Crippen molar-refractivity contribution in [2.24, 2.45) is 11.7 Å². The van der Waals surface area contributed by atoms with Gasteiger partial charge in [-0.1, -0.05) is 31.0 Å². The first-order valence-electron chi connectivity index (χ1n) is 5.31. The van der Waals surface area contributed by atoms with Crippen molar-refractivity contribution in [1.29, 1.82) is 0 Å². The first kappa shape index (κ1) is 12.5. The van der Waals surface area contributed by atoms with E-state index in [0.717, 1.165) is 12.8 Å². The molecule has 1 atom stereocenters. The van der Waals surface area contributed by atoms with E-state index in [1.54, 1.807) is 12.1 Å². The van der Waals surface area contributed by atoms with Gasteiger partial charge >= 0.3 is 0 Å². The van der Waals surface area contributed by atoms with Crippen molar-refractivity contribution >= 4 is 11.6 Å². The minimum Gasteiger partial charge on any atom is -0.330 e. The molecule has 2 N–H and O–H groups in total. The molecule has 0 saturated carbocycles. The fourth-order valence-corrected chi connectivity index (χ4v) is 1.87. The maximum Gasteiger partial charge on any atom is 0.127 e. The summed E-state index contributed by atoms with van der Waals surface area (Å²) in [6.07, 6.45) is 2.82. The standard InChI is InChI=1S/C12H17ClFN/c1-2-3-9(8-15)6-10-4-5-11(13)7-12(10)14/h4-5,7,9H,2-3,6,8,15H2,1H3. The van der Waals surface area contributed by atoms with E-state index in [-0.39, 0.29) is 5.82 Å². The lowest BCUT2D eigenvalue weighted by Crippen LogP contribution is -2.17. The van der Waals surface area contributed by atoms with Gasteiger partial charge in [0.15, 0.2) is 0 Å². The molecule has 1 nitrogen and oxygen atoms in total. The van der Waals surface area contributed by atoms with Gasteiger partial charge in [0.2, 0.25) is 0 Å². The predicted molar refractivity (Wildman–Crippen MR) is 62.6 cm³/mol. The number of rotatable bonds is 5. The maximum absolute atomic E-state index is 13.5. The molecule has 0 saturated heterocycles. The van der Waals surface area contributed by atoms with Crippen molar-refractivity contribution < 1.29 is 4.39 Å². The van der Waals surface area contributed by atoms with E-state index < -0.39 is 0 Å². The molecule has 0 radical (unpaired) electrons. The van der Waals surface area contributed by atoms with Crippen LogP contribution in [0.25, 0.3) is 0 Å². The molecule has 0 heterocycles. The second kappa shape index (κ2) is 6.09. The zero-order valence-corrected chi connectivity index (χ0v) is 9.73. The normalized spacial score (nSPS) is 12.8. The highest BCUT2D eigenvalue weighted by atomic mass is 35.5. The highest BCUT2D eigenvalue weighted by Gasteiger charge is 2.10. The van der Waals surface area contributed by atoms with Crippen LogP contribution in [0.15, 0.2) is 18.2 Å². The Labute approximate surface area is 95.4 Å². The zero-order valence-electron chi connectivity index (χ0n) is 8.97. The van der Waals surface area contributed by atoms with Crippen molar-refractivity contribution in [2.75, 3.05) is 6.54 Å². The molecule has 0 aromatic heterocycles. The molecule has 0 bridgehead atoms. The van der Waals surface area contributed by atoms with Gasteiger partial charge in [-0.15, -0.1) is 0 Å². The lowest BCUT2D eigenvalue weighted by atomic mass is 9.95. The molecule has 1 rings (SSSR count). The summed E-state index contributed by atoms with van der Waals surface area (Å²) < 4.78 is 13.5. The Morgan fingerprint density at radius 1 is 1.47 bits per heavy atom. The summed E-state index contributed by atoms with van der Waals surface area (Å²) in [7, 11) is 0. The lowest BCUT2D eigenvalue weighted by molar-refractivity contribution is 0.475. The molecule has 0 amide bonds. The van der Waals surface area contributed by atoms with Gasteiger partial charge in [0.05, 0.1) is 0 Å². The summed E-state index contributed by atoms with van der Waals surface area (Å²) in [6.45, 7) is 2.72. The van der Waals surface area contributed by atoms with Gasteiger partial charge in [-0.05, 0) is 43.0 Å². The van der Waals surface area contributed by atoms with Crippen molar-refractivity contribution in [2.45, 2.75) is 26.2 Å². The number of halogens is 2.